The number of pyridine rings is 1. The zero-order valence-electron chi connectivity index (χ0n) is 25.0. The van der Waals surface area contributed by atoms with Crippen molar-refractivity contribution >= 4 is 55.0 Å². The van der Waals surface area contributed by atoms with Crippen LogP contribution >= 0.6 is 0 Å². The normalized spacial score (nSPS) is 11.8. The fraction of sp³-hybridized carbons (Fsp3) is 0. The van der Waals surface area contributed by atoms with E-state index in [1.165, 1.54) is 0 Å². The minimum Gasteiger partial charge on any atom is -0.455 e. The predicted molar refractivity (Wildman–Crippen MR) is 188 cm³/mol. The summed E-state index contributed by atoms with van der Waals surface area (Å²) >= 11 is 0. The fourth-order valence-corrected chi connectivity index (χ4v) is 6.79. The van der Waals surface area contributed by atoms with Crippen LogP contribution in [0.15, 0.2) is 159 Å². The first-order valence-electron chi connectivity index (χ1n) is 15.6. The highest BCUT2D eigenvalue weighted by atomic mass is 16.3. The smallest absolute Gasteiger partial charge is 0.227 e. The summed E-state index contributed by atoms with van der Waals surface area (Å²) in [6.07, 6.45) is 3.64. The molecule has 0 aliphatic rings. The van der Waals surface area contributed by atoms with Gasteiger partial charge in [0.2, 0.25) is 5.89 Å². The average molecular weight is 605 g/mol. The Labute approximate surface area is 268 Å². The maximum absolute atomic E-state index is 6.58. The van der Waals surface area contributed by atoms with Crippen molar-refractivity contribution in [3.05, 3.63) is 146 Å². The van der Waals surface area contributed by atoms with Crippen molar-refractivity contribution in [1.29, 1.82) is 0 Å². The van der Waals surface area contributed by atoms with Crippen molar-refractivity contribution in [2.75, 3.05) is 0 Å². The second kappa shape index (κ2) is 10.0. The first-order chi connectivity index (χ1) is 23.3. The van der Waals surface area contributed by atoms with Crippen LogP contribution in [0.3, 0.4) is 0 Å². The lowest BCUT2D eigenvalue weighted by Crippen LogP contribution is -1.86. The largest absolute Gasteiger partial charge is 0.455 e. The molecular weight excluding hydrogens is 580 g/mol. The van der Waals surface area contributed by atoms with Crippen LogP contribution in [-0.4, -0.2) is 9.97 Å². The molecule has 4 aromatic heterocycles. The maximum Gasteiger partial charge on any atom is 0.227 e. The lowest BCUT2D eigenvalue weighted by Gasteiger charge is -2.08. The van der Waals surface area contributed by atoms with Crippen LogP contribution in [-0.2, 0) is 0 Å². The van der Waals surface area contributed by atoms with Gasteiger partial charge in [0.1, 0.15) is 27.8 Å². The molecule has 0 saturated heterocycles. The van der Waals surface area contributed by atoms with Crippen molar-refractivity contribution in [1.82, 2.24) is 9.97 Å². The Morgan fingerprint density at radius 2 is 1.04 bits per heavy atom. The summed E-state index contributed by atoms with van der Waals surface area (Å²) in [5, 5.41) is 4.31. The molecule has 0 unspecified atom stereocenters. The number of fused-ring (bicyclic) bond motifs is 7. The number of oxazole rings is 1. The molecule has 0 fully saturated rings. The molecule has 0 saturated carbocycles. The Morgan fingerprint density at radius 1 is 0.404 bits per heavy atom. The van der Waals surface area contributed by atoms with E-state index in [9.17, 15) is 0 Å². The Morgan fingerprint density at radius 3 is 1.74 bits per heavy atom. The lowest BCUT2D eigenvalue weighted by atomic mass is 9.95. The third-order valence-corrected chi connectivity index (χ3v) is 9.03. The number of nitrogens with zero attached hydrogens (tertiary/aromatic N) is 2. The van der Waals surface area contributed by atoms with Crippen LogP contribution in [0.4, 0.5) is 0 Å². The molecule has 0 radical (unpaired) electrons. The number of rotatable bonds is 4. The molecule has 4 heterocycles. The van der Waals surface area contributed by atoms with Gasteiger partial charge >= 0.3 is 0 Å². The third kappa shape index (κ3) is 4.03. The van der Waals surface area contributed by atoms with E-state index in [0.29, 0.717) is 11.5 Å². The summed E-state index contributed by atoms with van der Waals surface area (Å²) in [7, 11) is 0. The number of hydrogen-bond acceptors (Lipinski definition) is 5. The second-order valence-corrected chi connectivity index (χ2v) is 11.8. The van der Waals surface area contributed by atoms with Gasteiger partial charge in [0.25, 0.3) is 0 Å². The van der Waals surface area contributed by atoms with Crippen molar-refractivity contribution in [3.8, 4) is 44.8 Å². The fourth-order valence-electron chi connectivity index (χ4n) is 6.79. The van der Waals surface area contributed by atoms with Gasteiger partial charge in [-0.15, -0.1) is 0 Å². The van der Waals surface area contributed by atoms with Crippen molar-refractivity contribution < 1.29 is 13.3 Å². The maximum atomic E-state index is 6.58. The molecule has 6 aromatic carbocycles. The number of hydrogen-bond donors (Lipinski definition) is 0. The number of benzene rings is 6. The number of furan rings is 2. The summed E-state index contributed by atoms with van der Waals surface area (Å²) in [6, 6.07) is 45.4. The molecule has 0 aliphatic heterocycles. The standard InChI is InChI=1S/C42H24N2O3/c1-3-15-36-30(9-1)32-12-5-11-29(40(32)45-36)28-22-35(34-14-6-13-33-31-10-2-4-16-37(31)46-41(33)34)39-38(23-28)47-42(44-39)26-19-17-25(18-20-26)27-8-7-21-43-24-27/h1-24H. The molecule has 47 heavy (non-hydrogen) atoms. The van der Waals surface area contributed by atoms with E-state index in [4.69, 9.17) is 18.2 Å². The van der Waals surface area contributed by atoms with Crippen LogP contribution in [0, 0.1) is 0 Å². The average Bonchev–Trinajstić information content (AvgIpc) is 3.85. The zero-order chi connectivity index (χ0) is 30.9. The summed E-state index contributed by atoms with van der Waals surface area (Å²) in [5.41, 5.74) is 11.7. The molecular formula is C42H24N2O3. The van der Waals surface area contributed by atoms with Crippen LogP contribution in [0.25, 0.3) is 99.8 Å². The van der Waals surface area contributed by atoms with Crippen molar-refractivity contribution in [2.45, 2.75) is 0 Å². The minimum absolute atomic E-state index is 0.551. The second-order valence-electron chi connectivity index (χ2n) is 11.8. The van der Waals surface area contributed by atoms with Gasteiger partial charge in [-0.3, -0.25) is 4.98 Å². The van der Waals surface area contributed by atoms with Crippen LogP contribution in [0.2, 0.25) is 0 Å². The molecule has 10 aromatic rings. The van der Waals surface area contributed by atoms with E-state index in [1.807, 2.05) is 60.8 Å². The Kier molecular flexibility index (Phi) is 5.51. The Balaban J connectivity index is 1.22. The van der Waals surface area contributed by atoms with Gasteiger partial charge < -0.3 is 13.3 Å². The van der Waals surface area contributed by atoms with E-state index in [2.05, 4.69) is 83.8 Å². The summed E-state index contributed by atoms with van der Waals surface area (Å²) in [6.45, 7) is 0. The molecule has 0 N–H and O–H groups in total. The monoisotopic (exact) mass is 604 g/mol. The predicted octanol–water partition coefficient (Wildman–Crippen LogP) is 11.7. The molecule has 10 rings (SSSR count). The van der Waals surface area contributed by atoms with Gasteiger partial charge in [-0.25, -0.2) is 4.98 Å². The molecule has 5 nitrogen and oxygen atoms in total. The minimum atomic E-state index is 0.551. The van der Waals surface area contributed by atoms with Gasteiger partial charge in [0, 0.05) is 56.2 Å². The third-order valence-electron chi connectivity index (χ3n) is 9.03. The van der Waals surface area contributed by atoms with Crippen LogP contribution < -0.4 is 0 Å². The molecule has 220 valence electrons. The topological polar surface area (TPSA) is 65.2 Å². The summed E-state index contributed by atoms with van der Waals surface area (Å²) in [5.74, 6) is 0.551. The molecule has 0 amide bonds. The zero-order valence-corrected chi connectivity index (χ0v) is 25.0. The van der Waals surface area contributed by atoms with Gasteiger partial charge in [-0.1, -0.05) is 91.0 Å². The van der Waals surface area contributed by atoms with E-state index in [0.717, 1.165) is 88.3 Å². The van der Waals surface area contributed by atoms with Gasteiger partial charge in [0.05, 0.1) is 0 Å². The highest BCUT2D eigenvalue weighted by Gasteiger charge is 2.21. The highest BCUT2D eigenvalue weighted by molar-refractivity contribution is 6.13. The van der Waals surface area contributed by atoms with Gasteiger partial charge in [-0.2, -0.15) is 0 Å². The first kappa shape index (κ1) is 25.8. The van der Waals surface area contributed by atoms with Crippen molar-refractivity contribution in [2.24, 2.45) is 0 Å². The summed E-state index contributed by atoms with van der Waals surface area (Å²) in [4.78, 5) is 9.37. The number of para-hydroxylation sites is 4. The molecule has 0 bridgehead atoms. The summed E-state index contributed by atoms with van der Waals surface area (Å²) < 4.78 is 19.5. The van der Waals surface area contributed by atoms with Crippen molar-refractivity contribution in [3.63, 3.8) is 0 Å². The van der Waals surface area contributed by atoms with E-state index >= 15 is 0 Å². The van der Waals surface area contributed by atoms with Gasteiger partial charge in [0.15, 0.2) is 5.58 Å². The lowest BCUT2D eigenvalue weighted by molar-refractivity contribution is 0.620. The highest BCUT2D eigenvalue weighted by Crippen LogP contribution is 2.43. The van der Waals surface area contributed by atoms with Crippen LogP contribution in [0.1, 0.15) is 0 Å². The number of aromatic nitrogens is 2. The van der Waals surface area contributed by atoms with Crippen LogP contribution in [0.5, 0.6) is 0 Å². The quantitative estimate of drug-likeness (QED) is 0.200. The molecule has 0 atom stereocenters. The van der Waals surface area contributed by atoms with E-state index < -0.39 is 0 Å². The van der Waals surface area contributed by atoms with E-state index in [-0.39, 0.29) is 0 Å². The van der Waals surface area contributed by atoms with E-state index in [1.54, 1.807) is 6.20 Å². The molecule has 0 aliphatic carbocycles. The Hall–Kier alpha value is -6.46. The Bertz CT molecular complexity index is 2790. The SMILES string of the molecule is c1cncc(-c2ccc(-c3nc4c(-c5cccc6c5oc5ccccc56)cc(-c5cccc6c5oc5ccccc56)cc4o3)cc2)c1. The molecule has 0 spiro atoms. The molecule has 5 heteroatoms. The van der Waals surface area contributed by atoms with Gasteiger partial charge in [-0.05, 0) is 59.2 Å². The first-order valence-corrected chi connectivity index (χ1v) is 15.6.